The largest absolute Gasteiger partial charge is 0.394 e. The Morgan fingerprint density at radius 2 is 0.891 bits per heavy atom. The summed E-state index contributed by atoms with van der Waals surface area (Å²) in [5.41, 5.74) is 0. The van der Waals surface area contributed by atoms with Crippen molar-refractivity contribution in [3.63, 3.8) is 0 Å². The van der Waals surface area contributed by atoms with Crippen molar-refractivity contribution < 1.29 is 17.5 Å². The number of amidine groups is 1. The monoisotopic (exact) mass is 669 g/mol. The molecule has 1 aliphatic heterocycles. The van der Waals surface area contributed by atoms with Gasteiger partial charge in [-0.05, 0) is 64.2 Å². The van der Waals surface area contributed by atoms with E-state index in [1.807, 2.05) is 0 Å². The summed E-state index contributed by atoms with van der Waals surface area (Å²) in [4.78, 5) is 4.99. The fourth-order valence-corrected chi connectivity index (χ4v) is 6.03. The van der Waals surface area contributed by atoms with Crippen molar-refractivity contribution in [2.45, 2.75) is 213 Å². The van der Waals surface area contributed by atoms with Crippen LogP contribution < -0.4 is 5.32 Å². The van der Waals surface area contributed by atoms with E-state index in [0.29, 0.717) is 6.04 Å². The summed E-state index contributed by atoms with van der Waals surface area (Å²) in [6.07, 6.45) is 50.9. The van der Waals surface area contributed by atoms with E-state index in [9.17, 15) is 0 Å². The maximum atomic E-state index is 8.74. The van der Waals surface area contributed by atoms with Gasteiger partial charge in [-0.3, -0.25) is 14.1 Å². The predicted octanol–water partition coefficient (Wildman–Crippen LogP) is 12.6. The molecule has 46 heavy (non-hydrogen) atoms. The third kappa shape index (κ3) is 39.0. The second kappa shape index (κ2) is 35.1. The number of hydrogen-bond acceptors (Lipinski definition) is 4. The molecule has 0 fully saturated rings. The molecule has 1 aliphatic rings. The highest BCUT2D eigenvalue weighted by molar-refractivity contribution is 7.79. The van der Waals surface area contributed by atoms with Crippen LogP contribution >= 0.6 is 0 Å². The molecular weight excluding hydrogens is 593 g/mol. The first-order valence-corrected chi connectivity index (χ1v) is 21.1. The molecule has 1 atom stereocenters. The minimum atomic E-state index is -4.67. The lowest BCUT2D eigenvalue weighted by atomic mass is 10.1. The number of allylic oxidation sites excluding steroid dienone is 4. The Hall–Kier alpha value is -1.18. The molecule has 0 aromatic heterocycles. The Labute approximate surface area is 286 Å². The molecular formula is C39H76N2O4S. The van der Waals surface area contributed by atoms with E-state index in [1.54, 1.807) is 0 Å². The van der Waals surface area contributed by atoms with Gasteiger partial charge in [0.25, 0.3) is 0 Å². The van der Waals surface area contributed by atoms with Gasteiger partial charge in [-0.2, -0.15) is 8.42 Å². The maximum Gasteiger partial charge on any atom is 0.394 e. The topological polar surface area (TPSA) is 99.0 Å². The van der Waals surface area contributed by atoms with Crippen LogP contribution in [0, 0.1) is 0 Å². The molecule has 0 amide bonds. The van der Waals surface area contributed by atoms with E-state index in [4.69, 9.17) is 22.5 Å². The number of nitrogens with zero attached hydrogens (tertiary/aromatic N) is 1. The van der Waals surface area contributed by atoms with Crippen LogP contribution in [-0.4, -0.2) is 35.9 Å². The quantitative estimate of drug-likeness (QED) is 0.0376. The summed E-state index contributed by atoms with van der Waals surface area (Å²) >= 11 is 0. The van der Waals surface area contributed by atoms with Gasteiger partial charge in [0.1, 0.15) is 0 Å². The summed E-state index contributed by atoms with van der Waals surface area (Å²) in [5.74, 6) is 1.30. The molecule has 0 bridgehead atoms. The standard InChI is InChI=1S/C39H74N2.H2O4S/c1-3-5-7-9-11-13-15-17-19-21-23-25-27-29-31-33-35-38-37-40-39(41-38)36-34-32-30-28-26-24-22-20-18-16-14-12-10-8-6-4-2;1-5(2,3)4/h17-20,38H,3-16,21-37H2,1-2H3,(H,40,41);(H2,1,2,3,4)/b19-17-,20-18-;. The molecule has 0 saturated carbocycles. The predicted molar refractivity (Wildman–Crippen MR) is 202 cm³/mol. The van der Waals surface area contributed by atoms with Gasteiger partial charge < -0.3 is 5.32 Å². The Kier molecular flexibility index (Phi) is 34.2. The van der Waals surface area contributed by atoms with Gasteiger partial charge in [0.2, 0.25) is 0 Å². The fourth-order valence-electron chi connectivity index (χ4n) is 6.03. The molecule has 1 heterocycles. The van der Waals surface area contributed by atoms with E-state index < -0.39 is 10.4 Å². The molecule has 1 unspecified atom stereocenters. The van der Waals surface area contributed by atoms with Crippen LogP contribution in [0.1, 0.15) is 206 Å². The van der Waals surface area contributed by atoms with Gasteiger partial charge >= 0.3 is 10.4 Å². The van der Waals surface area contributed by atoms with Crippen LogP contribution in [-0.2, 0) is 10.4 Å². The molecule has 0 aromatic rings. The van der Waals surface area contributed by atoms with Crippen LogP contribution in [0.3, 0.4) is 0 Å². The molecule has 0 aliphatic carbocycles. The summed E-state index contributed by atoms with van der Waals surface area (Å²) in [6.45, 7) is 5.68. The maximum absolute atomic E-state index is 8.74. The van der Waals surface area contributed by atoms with Gasteiger partial charge in [-0.1, -0.05) is 160 Å². The average molecular weight is 669 g/mol. The van der Waals surface area contributed by atoms with E-state index in [0.717, 1.165) is 6.54 Å². The first kappa shape index (κ1) is 44.8. The molecule has 0 saturated heterocycles. The molecule has 1 rings (SSSR count). The minimum Gasteiger partial charge on any atom is -0.372 e. The number of rotatable bonds is 32. The second-order valence-corrected chi connectivity index (χ2v) is 14.4. The Balaban J connectivity index is 0.00000373. The highest BCUT2D eigenvalue weighted by Crippen LogP contribution is 2.16. The van der Waals surface area contributed by atoms with Gasteiger partial charge in [0, 0.05) is 13.0 Å². The minimum absolute atomic E-state index is 0.552. The van der Waals surface area contributed by atoms with Crippen molar-refractivity contribution in [1.29, 1.82) is 0 Å². The average Bonchev–Trinajstić information content (AvgIpc) is 3.47. The van der Waals surface area contributed by atoms with Crippen molar-refractivity contribution in [3.8, 4) is 0 Å². The molecule has 3 N–H and O–H groups in total. The Morgan fingerprint density at radius 3 is 1.28 bits per heavy atom. The number of aliphatic imine (C=N–C) groups is 1. The Bertz CT molecular complexity index is 818. The molecule has 6 nitrogen and oxygen atoms in total. The van der Waals surface area contributed by atoms with Crippen LogP contribution in [0.5, 0.6) is 0 Å². The lowest BCUT2D eigenvalue weighted by Crippen LogP contribution is -2.20. The highest BCUT2D eigenvalue weighted by Gasteiger charge is 2.15. The van der Waals surface area contributed by atoms with Gasteiger partial charge in [-0.25, -0.2) is 0 Å². The van der Waals surface area contributed by atoms with E-state index in [1.165, 1.54) is 198 Å². The lowest BCUT2D eigenvalue weighted by Gasteiger charge is -2.05. The smallest absolute Gasteiger partial charge is 0.372 e. The zero-order chi connectivity index (χ0) is 33.8. The third-order valence-corrected chi connectivity index (χ3v) is 8.85. The van der Waals surface area contributed by atoms with Crippen LogP contribution in [0.4, 0.5) is 0 Å². The lowest BCUT2D eigenvalue weighted by molar-refractivity contribution is 0.381. The van der Waals surface area contributed by atoms with E-state index in [2.05, 4.69) is 43.5 Å². The van der Waals surface area contributed by atoms with Crippen LogP contribution in [0.2, 0.25) is 0 Å². The zero-order valence-corrected chi connectivity index (χ0v) is 31.2. The van der Waals surface area contributed by atoms with Crippen molar-refractivity contribution in [3.05, 3.63) is 24.3 Å². The van der Waals surface area contributed by atoms with Crippen molar-refractivity contribution >= 4 is 16.2 Å². The third-order valence-electron chi connectivity index (χ3n) is 8.85. The summed E-state index contributed by atoms with van der Waals surface area (Å²) in [6, 6.07) is 0.552. The van der Waals surface area contributed by atoms with Crippen molar-refractivity contribution in [2.75, 3.05) is 6.54 Å². The van der Waals surface area contributed by atoms with Crippen LogP contribution in [0.25, 0.3) is 0 Å². The van der Waals surface area contributed by atoms with Gasteiger partial charge in [-0.15, -0.1) is 0 Å². The Morgan fingerprint density at radius 1 is 0.565 bits per heavy atom. The van der Waals surface area contributed by atoms with E-state index >= 15 is 0 Å². The number of nitrogens with one attached hydrogen (secondary N) is 1. The second-order valence-electron chi connectivity index (χ2n) is 13.5. The summed E-state index contributed by atoms with van der Waals surface area (Å²) in [5, 5.41) is 3.60. The number of hydrogen-bond donors (Lipinski definition) is 3. The van der Waals surface area contributed by atoms with Crippen molar-refractivity contribution in [2.24, 2.45) is 4.99 Å². The normalized spacial score (nSPS) is 15.0. The molecule has 0 aromatic carbocycles. The first-order chi connectivity index (χ1) is 22.4. The molecule has 0 spiro atoms. The summed E-state index contributed by atoms with van der Waals surface area (Å²) < 4.78 is 31.6. The zero-order valence-electron chi connectivity index (χ0n) is 30.4. The molecule has 272 valence electrons. The van der Waals surface area contributed by atoms with Crippen molar-refractivity contribution in [1.82, 2.24) is 5.32 Å². The van der Waals surface area contributed by atoms with Gasteiger partial charge in [0.15, 0.2) is 0 Å². The molecule has 7 heteroatoms. The highest BCUT2D eigenvalue weighted by atomic mass is 32.3. The first-order valence-electron chi connectivity index (χ1n) is 19.7. The molecule has 0 radical (unpaired) electrons. The summed E-state index contributed by atoms with van der Waals surface area (Å²) in [7, 11) is -4.67. The van der Waals surface area contributed by atoms with Gasteiger partial charge in [0.05, 0.1) is 11.9 Å². The fraction of sp³-hybridized carbons (Fsp3) is 0.872. The van der Waals surface area contributed by atoms with E-state index in [-0.39, 0.29) is 0 Å². The SMILES string of the molecule is CCCCCCCC/C=C\CCCCCCCCC1=NC(CCCCCCCC/C=C\CCCCCCCC)CN1.O=S(=O)(O)O. The number of unbranched alkanes of at least 4 members (excludes halogenated alkanes) is 24. The van der Waals surface area contributed by atoms with Crippen LogP contribution in [0.15, 0.2) is 29.3 Å².